The molecule has 2 aromatic carbocycles. The lowest BCUT2D eigenvalue weighted by molar-refractivity contribution is 0.385. The van der Waals surface area contributed by atoms with Crippen LogP contribution in [0, 0.1) is 6.92 Å². The fourth-order valence-corrected chi connectivity index (χ4v) is 2.63. The van der Waals surface area contributed by atoms with E-state index in [4.69, 9.17) is 13.9 Å². The van der Waals surface area contributed by atoms with Crippen LogP contribution in [0.25, 0.3) is 22.1 Å². The van der Waals surface area contributed by atoms with E-state index in [1.165, 1.54) is 7.11 Å². The molecule has 22 heavy (non-hydrogen) atoms. The van der Waals surface area contributed by atoms with Crippen molar-refractivity contribution >= 4 is 11.0 Å². The zero-order valence-electron chi connectivity index (χ0n) is 12.7. The maximum Gasteiger partial charge on any atom is 0.379 e. The van der Waals surface area contributed by atoms with Crippen LogP contribution >= 0.6 is 0 Å². The van der Waals surface area contributed by atoms with Crippen LogP contribution in [0.4, 0.5) is 0 Å². The van der Waals surface area contributed by atoms with Crippen LogP contribution in [0.15, 0.2) is 51.7 Å². The van der Waals surface area contributed by atoms with E-state index < -0.39 is 5.63 Å². The maximum absolute atomic E-state index is 12.3. The van der Waals surface area contributed by atoms with Gasteiger partial charge in [-0.05, 0) is 24.1 Å². The minimum Gasteiger partial charge on any atom is -0.496 e. The van der Waals surface area contributed by atoms with Gasteiger partial charge < -0.3 is 13.9 Å². The van der Waals surface area contributed by atoms with Gasteiger partial charge in [0.1, 0.15) is 11.3 Å². The molecule has 112 valence electrons. The van der Waals surface area contributed by atoms with Crippen molar-refractivity contribution in [3.8, 4) is 22.6 Å². The van der Waals surface area contributed by atoms with Gasteiger partial charge in [0.2, 0.25) is 5.75 Å². The second kappa shape index (κ2) is 5.56. The molecule has 0 bridgehead atoms. The topological polar surface area (TPSA) is 48.7 Å². The quantitative estimate of drug-likeness (QED) is 0.690. The lowest BCUT2D eigenvalue weighted by Crippen LogP contribution is -2.07. The van der Waals surface area contributed by atoms with E-state index in [0.29, 0.717) is 16.9 Å². The Labute approximate surface area is 127 Å². The van der Waals surface area contributed by atoms with Crippen LogP contribution in [-0.4, -0.2) is 14.2 Å². The molecule has 0 aliphatic heterocycles. The summed E-state index contributed by atoms with van der Waals surface area (Å²) in [6.07, 6.45) is 0. The molecule has 0 saturated carbocycles. The number of rotatable bonds is 3. The Kier molecular flexibility index (Phi) is 3.59. The van der Waals surface area contributed by atoms with Crippen molar-refractivity contribution in [1.82, 2.24) is 0 Å². The molecule has 3 rings (SSSR count). The van der Waals surface area contributed by atoms with E-state index in [0.717, 1.165) is 16.5 Å². The molecule has 3 aromatic rings. The van der Waals surface area contributed by atoms with Gasteiger partial charge in [-0.2, -0.15) is 0 Å². The second-order valence-electron chi connectivity index (χ2n) is 4.95. The first kappa shape index (κ1) is 14.2. The van der Waals surface area contributed by atoms with Crippen LogP contribution in [0.5, 0.6) is 11.5 Å². The van der Waals surface area contributed by atoms with Gasteiger partial charge in [0, 0.05) is 5.56 Å². The average Bonchev–Trinajstić information content (AvgIpc) is 2.55. The standard InChI is InChI=1S/C18H16O4/c1-11-9-10-13(20-2)15-14(12-7-5-4-6-8-12)17(21-3)18(19)22-16(11)15/h4-10H,1-3H3. The Hall–Kier alpha value is -2.75. The van der Waals surface area contributed by atoms with Crippen LogP contribution < -0.4 is 15.1 Å². The maximum atomic E-state index is 12.3. The fraction of sp³-hybridized carbons (Fsp3) is 0.167. The number of fused-ring (bicyclic) bond motifs is 1. The Bertz CT molecular complexity index is 879. The highest BCUT2D eigenvalue weighted by Gasteiger charge is 2.21. The number of benzene rings is 2. The van der Waals surface area contributed by atoms with E-state index in [9.17, 15) is 4.79 Å². The molecular weight excluding hydrogens is 280 g/mol. The van der Waals surface area contributed by atoms with Gasteiger partial charge >= 0.3 is 5.63 Å². The molecule has 0 unspecified atom stereocenters. The zero-order valence-corrected chi connectivity index (χ0v) is 12.7. The van der Waals surface area contributed by atoms with Gasteiger partial charge in [-0.15, -0.1) is 0 Å². The molecule has 0 radical (unpaired) electrons. The molecule has 0 atom stereocenters. The molecular formula is C18H16O4. The van der Waals surface area contributed by atoms with Crippen LogP contribution in [0.1, 0.15) is 5.56 Å². The van der Waals surface area contributed by atoms with Gasteiger partial charge in [-0.1, -0.05) is 36.4 Å². The van der Waals surface area contributed by atoms with Crippen LogP contribution in [0.3, 0.4) is 0 Å². The molecule has 0 aliphatic carbocycles. The van der Waals surface area contributed by atoms with Crippen molar-refractivity contribution in [2.75, 3.05) is 14.2 Å². The Morgan fingerprint density at radius 1 is 0.955 bits per heavy atom. The molecule has 1 heterocycles. The first-order valence-electron chi connectivity index (χ1n) is 6.91. The monoisotopic (exact) mass is 296 g/mol. The van der Waals surface area contributed by atoms with Crippen molar-refractivity contribution in [3.05, 3.63) is 58.4 Å². The van der Waals surface area contributed by atoms with Crippen molar-refractivity contribution in [3.63, 3.8) is 0 Å². The Balaban J connectivity index is 2.56. The fourth-order valence-electron chi connectivity index (χ4n) is 2.63. The molecule has 0 fully saturated rings. The first-order valence-corrected chi connectivity index (χ1v) is 6.91. The molecule has 4 heteroatoms. The van der Waals surface area contributed by atoms with Crippen molar-refractivity contribution in [2.24, 2.45) is 0 Å². The van der Waals surface area contributed by atoms with E-state index in [2.05, 4.69) is 0 Å². The van der Waals surface area contributed by atoms with Gasteiger partial charge in [0.15, 0.2) is 0 Å². The summed E-state index contributed by atoms with van der Waals surface area (Å²) in [4.78, 5) is 12.3. The lowest BCUT2D eigenvalue weighted by atomic mass is 9.98. The summed E-state index contributed by atoms with van der Waals surface area (Å²) in [5.74, 6) is 0.823. The van der Waals surface area contributed by atoms with Gasteiger partial charge in [-0.3, -0.25) is 0 Å². The van der Waals surface area contributed by atoms with Crippen molar-refractivity contribution < 1.29 is 13.9 Å². The minimum absolute atomic E-state index is 0.183. The Morgan fingerprint density at radius 3 is 2.32 bits per heavy atom. The summed E-state index contributed by atoms with van der Waals surface area (Å²) < 4.78 is 16.2. The van der Waals surface area contributed by atoms with Crippen molar-refractivity contribution in [1.29, 1.82) is 0 Å². The number of methoxy groups -OCH3 is 2. The lowest BCUT2D eigenvalue weighted by Gasteiger charge is -2.14. The summed E-state index contributed by atoms with van der Waals surface area (Å²) >= 11 is 0. The van der Waals surface area contributed by atoms with Gasteiger partial charge in [0.05, 0.1) is 19.6 Å². The van der Waals surface area contributed by atoms with Crippen LogP contribution in [0.2, 0.25) is 0 Å². The molecule has 0 spiro atoms. The second-order valence-corrected chi connectivity index (χ2v) is 4.95. The zero-order chi connectivity index (χ0) is 15.7. The number of hydrogen-bond donors (Lipinski definition) is 0. The third-order valence-corrected chi connectivity index (χ3v) is 3.66. The van der Waals surface area contributed by atoms with Crippen LogP contribution in [-0.2, 0) is 0 Å². The number of hydrogen-bond acceptors (Lipinski definition) is 4. The van der Waals surface area contributed by atoms with Gasteiger partial charge in [-0.25, -0.2) is 4.79 Å². The number of ether oxygens (including phenoxy) is 2. The minimum atomic E-state index is -0.495. The predicted octanol–water partition coefficient (Wildman–Crippen LogP) is 3.79. The molecule has 0 amide bonds. The summed E-state index contributed by atoms with van der Waals surface area (Å²) in [6.45, 7) is 1.89. The van der Waals surface area contributed by atoms with E-state index in [1.54, 1.807) is 7.11 Å². The molecule has 0 N–H and O–H groups in total. The van der Waals surface area contributed by atoms with Crippen molar-refractivity contribution in [2.45, 2.75) is 6.92 Å². The SMILES string of the molecule is COc1c(-c2ccccc2)c2c(OC)ccc(C)c2oc1=O. The molecule has 4 nitrogen and oxygen atoms in total. The Morgan fingerprint density at radius 2 is 1.68 bits per heavy atom. The third kappa shape index (κ3) is 2.13. The van der Waals surface area contributed by atoms with E-state index >= 15 is 0 Å². The summed E-state index contributed by atoms with van der Waals surface area (Å²) in [5, 5.41) is 0.741. The smallest absolute Gasteiger partial charge is 0.379 e. The molecule has 0 saturated heterocycles. The highest BCUT2D eigenvalue weighted by atomic mass is 16.5. The first-order chi connectivity index (χ1) is 10.7. The predicted molar refractivity (Wildman–Crippen MR) is 85.8 cm³/mol. The molecule has 0 aliphatic rings. The summed E-state index contributed by atoms with van der Waals surface area (Å²) in [5.41, 5.74) is 2.46. The third-order valence-electron chi connectivity index (χ3n) is 3.66. The summed E-state index contributed by atoms with van der Waals surface area (Å²) in [6, 6.07) is 13.3. The highest BCUT2D eigenvalue weighted by molar-refractivity contribution is 6.01. The van der Waals surface area contributed by atoms with E-state index in [-0.39, 0.29) is 5.75 Å². The van der Waals surface area contributed by atoms with Gasteiger partial charge in [0.25, 0.3) is 0 Å². The largest absolute Gasteiger partial charge is 0.496 e. The highest BCUT2D eigenvalue weighted by Crippen LogP contribution is 2.40. The molecule has 1 aromatic heterocycles. The normalized spacial score (nSPS) is 10.7. The average molecular weight is 296 g/mol. The summed E-state index contributed by atoms with van der Waals surface area (Å²) in [7, 11) is 3.06. The number of aryl methyl sites for hydroxylation is 1. The van der Waals surface area contributed by atoms with E-state index in [1.807, 2.05) is 49.4 Å².